The van der Waals surface area contributed by atoms with Crippen molar-refractivity contribution in [2.75, 3.05) is 25.0 Å². The van der Waals surface area contributed by atoms with E-state index in [1.165, 1.54) is 24.2 Å². The summed E-state index contributed by atoms with van der Waals surface area (Å²) in [7, 11) is 0. The van der Waals surface area contributed by atoms with Gasteiger partial charge in [0, 0.05) is 36.1 Å². The zero-order valence-corrected chi connectivity index (χ0v) is 16.8. The summed E-state index contributed by atoms with van der Waals surface area (Å²) in [6.07, 6.45) is 5.20. The van der Waals surface area contributed by atoms with Gasteiger partial charge in [0.15, 0.2) is 0 Å². The third-order valence-corrected chi connectivity index (χ3v) is 5.33. The quantitative estimate of drug-likeness (QED) is 0.794. The van der Waals surface area contributed by atoms with Gasteiger partial charge in [0.25, 0.3) is 11.8 Å². The van der Waals surface area contributed by atoms with E-state index in [2.05, 4.69) is 10.3 Å². The maximum Gasteiger partial charge on any atom is 0.275 e. The molecule has 1 aromatic heterocycles. The van der Waals surface area contributed by atoms with Crippen LogP contribution in [0.2, 0.25) is 0 Å². The molecule has 2 amide bonds. The topological polar surface area (TPSA) is 88.3 Å². The first-order chi connectivity index (χ1) is 12.7. The number of nitrogens with two attached hydrogens (primary N) is 1. The van der Waals surface area contributed by atoms with Crippen LogP contribution in [-0.2, 0) is 6.42 Å². The highest BCUT2D eigenvalue weighted by Gasteiger charge is 2.17. The first-order valence-corrected chi connectivity index (χ1v) is 9.90. The van der Waals surface area contributed by atoms with Crippen LogP contribution in [0.4, 0.5) is 5.69 Å². The predicted molar refractivity (Wildman–Crippen MR) is 111 cm³/mol. The molecule has 3 N–H and O–H groups in total. The molecule has 2 aromatic rings. The number of benzene rings is 1. The smallest absolute Gasteiger partial charge is 0.275 e. The fourth-order valence-corrected chi connectivity index (χ4v) is 3.80. The molecular formula is C19H25ClN4O2S. The molecule has 0 unspecified atom stereocenters. The first kappa shape index (κ1) is 21.3. The third kappa shape index (κ3) is 5.76. The fourth-order valence-electron chi connectivity index (χ4n) is 3.00. The molecule has 0 radical (unpaired) electrons. The van der Waals surface area contributed by atoms with Crippen LogP contribution >= 0.6 is 23.7 Å². The molecule has 0 spiro atoms. The van der Waals surface area contributed by atoms with Gasteiger partial charge < -0.3 is 16.0 Å². The maximum atomic E-state index is 12.6. The van der Waals surface area contributed by atoms with E-state index in [1.807, 2.05) is 4.90 Å². The Labute approximate surface area is 169 Å². The molecule has 0 atom stereocenters. The molecule has 1 saturated heterocycles. The number of hydrogen-bond acceptors (Lipinski definition) is 5. The van der Waals surface area contributed by atoms with Gasteiger partial charge in [0.2, 0.25) is 0 Å². The van der Waals surface area contributed by atoms with Crippen molar-refractivity contribution in [2.24, 2.45) is 5.73 Å². The average molecular weight is 409 g/mol. The van der Waals surface area contributed by atoms with Gasteiger partial charge in [-0.05, 0) is 43.7 Å². The molecule has 27 heavy (non-hydrogen) atoms. The second-order valence-corrected chi connectivity index (χ2v) is 7.35. The Kier molecular flexibility index (Phi) is 8.22. The standard InChI is InChI=1S/C19H24N4O2S.ClH/c20-10-9-17-22-16(13-26-17)18(24)21-15-7-5-14(6-8-15)19(25)23-11-3-1-2-4-12-23;/h5-8,13H,1-4,9-12,20H2,(H,21,24);1H. The monoisotopic (exact) mass is 408 g/mol. The molecule has 1 aliphatic rings. The number of thiazole rings is 1. The Morgan fingerprint density at radius 3 is 2.41 bits per heavy atom. The minimum Gasteiger partial charge on any atom is -0.339 e. The van der Waals surface area contributed by atoms with Gasteiger partial charge in [-0.1, -0.05) is 12.8 Å². The first-order valence-electron chi connectivity index (χ1n) is 9.02. The van der Waals surface area contributed by atoms with Crippen LogP contribution in [0, 0.1) is 0 Å². The number of nitrogens with one attached hydrogen (secondary N) is 1. The second-order valence-electron chi connectivity index (χ2n) is 6.40. The normalized spacial score (nSPS) is 14.2. The van der Waals surface area contributed by atoms with Gasteiger partial charge in [-0.25, -0.2) is 4.98 Å². The summed E-state index contributed by atoms with van der Waals surface area (Å²) in [5.74, 6) is -0.188. The highest BCUT2D eigenvalue weighted by molar-refractivity contribution is 7.09. The average Bonchev–Trinajstić information content (AvgIpc) is 2.95. The van der Waals surface area contributed by atoms with Gasteiger partial charge in [-0.3, -0.25) is 9.59 Å². The van der Waals surface area contributed by atoms with E-state index in [0.717, 1.165) is 30.9 Å². The van der Waals surface area contributed by atoms with Gasteiger partial charge in [-0.2, -0.15) is 0 Å². The second kappa shape index (κ2) is 10.4. The molecule has 0 saturated carbocycles. The van der Waals surface area contributed by atoms with E-state index in [9.17, 15) is 9.59 Å². The highest BCUT2D eigenvalue weighted by Crippen LogP contribution is 2.17. The number of amides is 2. The highest BCUT2D eigenvalue weighted by atomic mass is 35.5. The van der Waals surface area contributed by atoms with Crippen LogP contribution in [-0.4, -0.2) is 41.3 Å². The number of likely N-dealkylation sites (tertiary alicyclic amines) is 1. The lowest BCUT2D eigenvalue weighted by molar-refractivity contribution is 0.0761. The van der Waals surface area contributed by atoms with Crippen LogP contribution in [0.1, 0.15) is 51.5 Å². The van der Waals surface area contributed by atoms with E-state index < -0.39 is 0 Å². The lowest BCUT2D eigenvalue weighted by Gasteiger charge is -2.20. The zero-order chi connectivity index (χ0) is 18.4. The summed E-state index contributed by atoms with van der Waals surface area (Å²) in [6.45, 7) is 2.17. The molecule has 6 nitrogen and oxygen atoms in total. The van der Waals surface area contributed by atoms with Crippen molar-refractivity contribution in [1.82, 2.24) is 9.88 Å². The minimum absolute atomic E-state index is 0. The SMILES string of the molecule is Cl.NCCc1nc(C(=O)Nc2ccc(C(=O)N3CCCCCC3)cc2)cs1. The lowest BCUT2D eigenvalue weighted by Crippen LogP contribution is -2.31. The number of halogens is 1. The summed E-state index contributed by atoms with van der Waals surface area (Å²) >= 11 is 1.43. The van der Waals surface area contributed by atoms with Gasteiger partial charge in [-0.15, -0.1) is 23.7 Å². The van der Waals surface area contributed by atoms with Crippen molar-refractivity contribution in [3.8, 4) is 0 Å². The summed E-state index contributed by atoms with van der Waals surface area (Å²) in [5, 5.41) is 5.41. The van der Waals surface area contributed by atoms with E-state index in [0.29, 0.717) is 29.9 Å². The molecule has 1 aromatic carbocycles. The number of hydrogen-bond donors (Lipinski definition) is 2. The molecule has 3 rings (SSSR count). The van der Waals surface area contributed by atoms with Crippen molar-refractivity contribution in [1.29, 1.82) is 0 Å². The van der Waals surface area contributed by atoms with Crippen LogP contribution in [0.5, 0.6) is 0 Å². The molecule has 0 bridgehead atoms. The van der Waals surface area contributed by atoms with Crippen LogP contribution in [0.3, 0.4) is 0 Å². The summed E-state index contributed by atoms with van der Waals surface area (Å²) < 4.78 is 0. The number of carbonyl (C=O) groups excluding carboxylic acids is 2. The Morgan fingerprint density at radius 1 is 1.11 bits per heavy atom. The third-order valence-electron chi connectivity index (χ3n) is 4.43. The van der Waals surface area contributed by atoms with Crippen LogP contribution in [0.25, 0.3) is 0 Å². The molecule has 2 heterocycles. The number of carbonyl (C=O) groups is 2. The van der Waals surface area contributed by atoms with Crippen LogP contribution in [0.15, 0.2) is 29.6 Å². The number of nitrogens with zero attached hydrogens (tertiary/aromatic N) is 2. The van der Waals surface area contributed by atoms with Gasteiger partial charge in [0.05, 0.1) is 5.01 Å². The van der Waals surface area contributed by atoms with E-state index in [-0.39, 0.29) is 24.2 Å². The fraction of sp³-hybridized carbons (Fsp3) is 0.421. The van der Waals surface area contributed by atoms with Crippen molar-refractivity contribution in [2.45, 2.75) is 32.1 Å². The van der Waals surface area contributed by atoms with Crippen molar-refractivity contribution >= 4 is 41.2 Å². The Hall–Kier alpha value is -1.96. The van der Waals surface area contributed by atoms with Crippen molar-refractivity contribution in [3.63, 3.8) is 0 Å². The molecule has 0 aliphatic carbocycles. The van der Waals surface area contributed by atoms with E-state index in [4.69, 9.17) is 5.73 Å². The molecule has 146 valence electrons. The zero-order valence-electron chi connectivity index (χ0n) is 15.1. The summed E-state index contributed by atoms with van der Waals surface area (Å²) in [5.41, 5.74) is 7.20. The predicted octanol–water partition coefficient (Wildman–Crippen LogP) is 3.33. The van der Waals surface area contributed by atoms with Gasteiger partial charge >= 0.3 is 0 Å². The van der Waals surface area contributed by atoms with Crippen LogP contribution < -0.4 is 11.1 Å². The minimum atomic E-state index is -0.254. The maximum absolute atomic E-state index is 12.6. The van der Waals surface area contributed by atoms with E-state index in [1.54, 1.807) is 29.6 Å². The molecular weight excluding hydrogens is 384 g/mol. The van der Waals surface area contributed by atoms with Crippen molar-refractivity contribution < 1.29 is 9.59 Å². The van der Waals surface area contributed by atoms with Crippen molar-refractivity contribution in [3.05, 3.63) is 45.9 Å². The van der Waals surface area contributed by atoms with Gasteiger partial charge in [0.1, 0.15) is 5.69 Å². The Morgan fingerprint density at radius 2 is 1.78 bits per heavy atom. The number of rotatable bonds is 5. The van der Waals surface area contributed by atoms with E-state index >= 15 is 0 Å². The summed E-state index contributed by atoms with van der Waals surface area (Å²) in [4.78, 5) is 31.1. The molecule has 1 fully saturated rings. The number of aromatic nitrogens is 1. The Balaban J connectivity index is 0.00000261. The Bertz CT molecular complexity index is 755. The summed E-state index contributed by atoms with van der Waals surface area (Å²) in [6, 6.07) is 7.06. The molecule has 8 heteroatoms. The number of anilines is 1. The largest absolute Gasteiger partial charge is 0.339 e. The molecule has 1 aliphatic heterocycles. The lowest BCUT2D eigenvalue weighted by atomic mass is 10.1.